The molecule has 0 saturated heterocycles. The van der Waals surface area contributed by atoms with E-state index in [1.807, 2.05) is 27.7 Å². The quantitative estimate of drug-likeness (QED) is 0.444. The summed E-state index contributed by atoms with van der Waals surface area (Å²) in [7, 11) is 0. The van der Waals surface area contributed by atoms with E-state index >= 15 is 0 Å². The molecule has 0 amide bonds. The molecule has 0 aliphatic rings. The van der Waals surface area contributed by atoms with Gasteiger partial charge in [0.15, 0.2) is 11.6 Å². The van der Waals surface area contributed by atoms with Crippen LogP contribution in [0.1, 0.15) is 32.0 Å². The number of hydrogen-bond donors (Lipinski definition) is 1. The van der Waals surface area contributed by atoms with Crippen molar-refractivity contribution >= 4 is 0 Å². The summed E-state index contributed by atoms with van der Waals surface area (Å²) in [6, 6.07) is 12.1. The van der Waals surface area contributed by atoms with E-state index in [1.54, 1.807) is 35.0 Å². The van der Waals surface area contributed by atoms with Crippen LogP contribution in [0.4, 0.5) is 8.78 Å². The van der Waals surface area contributed by atoms with Gasteiger partial charge in [0.25, 0.3) is 0 Å². The van der Waals surface area contributed by atoms with Crippen LogP contribution in [0, 0.1) is 18.6 Å². The van der Waals surface area contributed by atoms with E-state index in [1.165, 1.54) is 18.2 Å². The predicted molar refractivity (Wildman–Crippen MR) is 123 cm³/mol. The average molecular weight is 460 g/mol. The number of benzene rings is 2. The van der Waals surface area contributed by atoms with Crippen molar-refractivity contribution in [1.82, 2.24) is 14.7 Å². The van der Waals surface area contributed by atoms with E-state index in [2.05, 4.69) is 10.00 Å². The number of hydrogen-bond acceptors (Lipinski definition) is 5. The van der Waals surface area contributed by atoms with Crippen LogP contribution in [0.15, 0.2) is 48.5 Å². The van der Waals surface area contributed by atoms with Crippen LogP contribution < -0.4 is 4.74 Å². The van der Waals surface area contributed by atoms with Crippen LogP contribution in [0.25, 0.3) is 5.69 Å². The SMILES string of the molecule is CCOC[C@H](O)CN(Cc1c(C)nn(-c2ccc(F)cc2)c1Oc1ccccc1F)C(C)C. The molecule has 0 aliphatic carbocycles. The number of aryl methyl sites for hydroxylation is 1. The van der Waals surface area contributed by atoms with Crippen molar-refractivity contribution in [2.45, 2.75) is 46.4 Å². The van der Waals surface area contributed by atoms with Gasteiger partial charge in [0, 0.05) is 25.7 Å². The second-order valence-corrected chi connectivity index (χ2v) is 8.13. The number of aliphatic hydroxyl groups is 1. The van der Waals surface area contributed by atoms with Gasteiger partial charge in [-0.15, -0.1) is 0 Å². The maximum Gasteiger partial charge on any atom is 0.227 e. The van der Waals surface area contributed by atoms with Crippen LogP contribution in [-0.2, 0) is 11.3 Å². The highest BCUT2D eigenvalue weighted by molar-refractivity contribution is 5.43. The number of aliphatic hydroxyl groups excluding tert-OH is 1. The first-order chi connectivity index (χ1) is 15.8. The Labute approximate surface area is 193 Å². The highest BCUT2D eigenvalue weighted by Crippen LogP contribution is 2.33. The van der Waals surface area contributed by atoms with Gasteiger partial charge in [0.2, 0.25) is 5.88 Å². The molecule has 2 aromatic carbocycles. The molecule has 0 spiro atoms. The van der Waals surface area contributed by atoms with Crippen LogP contribution in [0.3, 0.4) is 0 Å². The molecule has 178 valence electrons. The Morgan fingerprint density at radius 2 is 1.79 bits per heavy atom. The zero-order valence-corrected chi connectivity index (χ0v) is 19.5. The predicted octanol–water partition coefficient (Wildman–Crippen LogP) is 4.86. The van der Waals surface area contributed by atoms with Crippen LogP contribution >= 0.6 is 0 Å². The molecule has 1 N–H and O–H groups in total. The zero-order chi connectivity index (χ0) is 24.0. The fourth-order valence-corrected chi connectivity index (χ4v) is 3.45. The molecule has 0 bridgehead atoms. The Kier molecular flexibility index (Phi) is 8.55. The maximum atomic E-state index is 14.4. The molecule has 3 rings (SSSR count). The topological polar surface area (TPSA) is 59.8 Å². The van der Waals surface area contributed by atoms with Gasteiger partial charge in [0.1, 0.15) is 5.82 Å². The van der Waals surface area contributed by atoms with Crippen LogP contribution in [0.2, 0.25) is 0 Å². The van der Waals surface area contributed by atoms with Gasteiger partial charge in [-0.05, 0) is 64.1 Å². The largest absolute Gasteiger partial charge is 0.435 e. The summed E-state index contributed by atoms with van der Waals surface area (Å²) in [5, 5.41) is 15.0. The fraction of sp³-hybridized carbons (Fsp3) is 0.400. The van der Waals surface area contributed by atoms with Crippen molar-refractivity contribution in [2.24, 2.45) is 0 Å². The lowest BCUT2D eigenvalue weighted by atomic mass is 10.2. The van der Waals surface area contributed by atoms with E-state index in [9.17, 15) is 13.9 Å². The zero-order valence-electron chi connectivity index (χ0n) is 19.5. The van der Waals surface area contributed by atoms with Crippen molar-refractivity contribution in [2.75, 3.05) is 19.8 Å². The minimum Gasteiger partial charge on any atom is -0.435 e. The van der Waals surface area contributed by atoms with Crippen molar-refractivity contribution in [3.8, 4) is 17.3 Å². The highest BCUT2D eigenvalue weighted by atomic mass is 19.1. The minimum absolute atomic E-state index is 0.0643. The fourth-order valence-electron chi connectivity index (χ4n) is 3.45. The number of rotatable bonds is 11. The molecule has 0 radical (unpaired) electrons. The Morgan fingerprint density at radius 3 is 2.42 bits per heavy atom. The number of para-hydroxylation sites is 1. The van der Waals surface area contributed by atoms with Gasteiger partial charge in [-0.1, -0.05) is 12.1 Å². The third kappa shape index (κ3) is 6.37. The van der Waals surface area contributed by atoms with Crippen LogP contribution in [-0.4, -0.2) is 51.7 Å². The summed E-state index contributed by atoms with van der Waals surface area (Å²) in [5.74, 6) is -0.460. The third-order valence-corrected chi connectivity index (χ3v) is 5.30. The lowest BCUT2D eigenvalue weighted by Gasteiger charge is -2.29. The van der Waals surface area contributed by atoms with E-state index in [4.69, 9.17) is 9.47 Å². The first kappa shape index (κ1) is 24.8. The first-order valence-corrected chi connectivity index (χ1v) is 11.1. The summed E-state index contributed by atoms with van der Waals surface area (Å²) in [5.41, 5.74) is 2.03. The molecule has 0 saturated carbocycles. The number of halogens is 2. The molecule has 6 nitrogen and oxygen atoms in total. The van der Waals surface area contributed by atoms with Crippen molar-refractivity contribution in [3.05, 3.63) is 71.4 Å². The summed E-state index contributed by atoms with van der Waals surface area (Å²) in [6.45, 7) is 9.37. The minimum atomic E-state index is -0.657. The molecule has 0 aliphatic heterocycles. The maximum absolute atomic E-state index is 14.4. The molecular formula is C25H31F2N3O3. The van der Waals surface area contributed by atoms with E-state index in [-0.39, 0.29) is 24.2 Å². The second kappa shape index (κ2) is 11.4. The van der Waals surface area contributed by atoms with E-state index in [0.29, 0.717) is 37.0 Å². The van der Waals surface area contributed by atoms with Gasteiger partial charge in [-0.25, -0.2) is 13.5 Å². The Hall–Kier alpha value is -2.81. The monoisotopic (exact) mass is 459 g/mol. The van der Waals surface area contributed by atoms with Gasteiger partial charge in [-0.3, -0.25) is 4.90 Å². The Bertz CT molecular complexity index is 1040. The molecule has 33 heavy (non-hydrogen) atoms. The van der Waals surface area contributed by atoms with Gasteiger partial charge in [0.05, 0.1) is 29.7 Å². The summed E-state index contributed by atoms with van der Waals surface area (Å²) >= 11 is 0. The Morgan fingerprint density at radius 1 is 1.09 bits per heavy atom. The third-order valence-electron chi connectivity index (χ3n) is 5.30. The molecule has 0 fully saturated rings. The van der Waals surface area contributed by atoms with E-state index < -0.39 is 11.9 Å². The van der Waals surface area contributed by atoms with E-state index in [0.717, 1.165) is 5.56 Å². The smallest absolute Gasteiger partial charge is 0.227 e. The lowest BCUT2D eigenvalue weighted by molar-refractivity contribution is 0.0131. The number of aromatic nitrogens is 2. The second-order valence-electron chi connectivity index (χ2n) is 8.13. The number of ether oxygens (including phenoxy) is 2. The molecule has 3 aromatic rings. The Balaban J connectivity index is 2.00. The highest BCUT2D eigenvalue weighted by Gasteiger charge is 2.24. The summed E-state index contributed by atoms with van der Waals surface area (Å²) in [4.78, 5) is 2.08. The first-order valence-electron chi connectivity index (χ1n) is 11.1. The van der Waals surface area contributed by atoms with Gasteiger partial charge < -0.3 is 14.6 Å². The molecular weight excluding hydrogens is 428 g/mol. The molecule has 8 heteroatoms. The molecule has 1 heterocycles. The number of nitrogens with zero attached hydrogens (tertiary/aromatic N) is 3. The molecule has 0 unspecified atom stereocenters. The van der Waals surface area contributed by atoms with Crippen molar-refractivity contribution in [3.63, 3.8) is 0 Å². The van der Waals surface area contributed by atoms with Crippen molar-refractivity contribution < 1.29 is 23.4 Å². The van der Waals surface area contributed by atoms with Gasteiger partial charge >= 0.3 is 0 Å². The summed E-state index contributed by atoms with van der Waals surface area (Å²) < 4.78 is 40.9. The van der Waals surface area contributed by atoms with Crippen LogP contribution in [0.5, 0.6) is 11.6 Å². The van der Waals surface area contributed by atoms with Crippen molar-refractivity contribution in [1.29, 1.82) is 0 Å². The normalized spacial score (nSPS) is 12.5. The lowest BCUT2D eigenvalue weighted by Crippen LogP contribution is -2.39. The average Bonchev–Trinajstić information content (AvgIpc) is 3.08. The van der Waals surface area contributed by atoms with Gasteiger partial charge in [-0.2, -0.15) is 5.10 Å². The molecule has 1 aromatic heterocycles. The standard InChI is InChI=1S/C25H31F2N3O3/c1-5-32-16-21(31)14-29(17(2)3)15-22-18(4)28-30(20-12-10-19(26)11-13-20)25(22)33-24-9-7-6-8-23(24)27/h6-13,17,21,31H,5,14-16H2,1-4H3/t21-/m1/s1. The molecule has 1 atom stereocenters. The summed E-state index contributed by atoms with van der Waals surface area (Å²) in [6.07, 6.45) is -0.657.